The third kappa shape index (κ3) is 4.59. The third-order valence-electron chi connectivity index (χ3n) is 3.78. The van der Waals surface area contributed by atoms with Crippen LogP contribution in [-0.4, -0.2) is 50.6 Å². The summed E-state index contributed by atoms with van der Waals surface area (Å²) in [5, 5.41) is 3.23. The summed E-state index contributed by atoms with van der Waals surface area (Å²) in [5.74, 6) is 0.0405. The van der Waals surface area contributed by atoms with E-state index in [1.165, 1.54) is 7.11 Å². The van der Waals surface area contributed by atoms with Crippen molar-refractivity contribution in [1.82, 2.24) is 4.90 Å². The van der Waals surface area contributed by atoms with Crippen molar-refractivity contribution in [1.29, 1.82) is 0 Å². The monoisotopic (exact) mass is 340 g/mol. The van der Waals surface area contributed by atoms with E-state index in [0.29, 0.717) is 36.2 Å². The van der Waals surface area contributed by atoms with Gasteiger partial charge in [0.2, 0.25) is 11.8 Å². The summed E-state index contributed by atoms with van der Waals surface area (Å²) in [6, 6.07) is 5.04. The van der Waals surface area contributed by atoms with Crippen LogP contribution in [0.2, 0.25) is 5.02 Å². The third-order valence-corrected chi connectivity index (χ3v) is 4.08. The van der Waals surface area contributed by atoms with E-state index < -0.39 is 0 Å². The molecule has 2 amide bonds. The maximum Gasteiger partial charge on any atom is 0.229 e. The van der Waals surface area contributed by atoms with Gasteiger partial charge in [0.15, 0.2) is 0 Å². The fourth-order valence-corrected chi connectivity index (χ4v) is 2.81. The number of nitrogens with one attached hydrogen (secondary N) is 1. The Hall–Kier alpha value is -1.79. The number of methoxy groups -OCH3 is 2. The smallest absolute Gasteiger partial charge is 0.229 e. The highest BCUT2D eigenvalue weighted by Gasteiger charge is 2.33. The Morgan fingerprint density at radius 3 is 2.87 bits per heavy atom. The number of carbonyl (C=O) groups excluding carboxylic acids is 2. The van der Waals surface area contributed by atoms with Gasteiger partial charge in [0, 0.05) is 38.9 Å². The van der Waals surface area contributed by atoms with E-state index in [4.69, 9.17) is 21.1 Å². The molecule has 1 aromatic rings. The normalized spacial score (nSPS) is 17.4. The Bertz CT molecular complexity index is 579. The molecule has 1 saturated heterocycles. The van der Waals surface area contributed by atoms with E-state index in [-0.39, 0.29) is 24.2 Å². The number of amides is 2. The lowest BCUT2D eigenvalue weighted by atomic mass is 10.1. The summed E-state index contributed by atoms with van der Waals surface area (Å²) in [4.78, 5) is 26.0. The van der Waals surface area contributed by atoms with Crippen molar-refractivity contribution in [2.24, 2.45) is 5.92 Å². The van der Waals surface area contributed by atoms with E-state index in [2.05, 4.69) is 5.32 Å². The van der Waals surface area contributed by atoms with Gasteiger partial charge >= 0.3 is 0 Å². The van der Waals surface area contributed by atoms with Crippen molar-refractivity contribution >= 4 is 29.1 Å². The summed E-state index contributed by atoms with van der Waals surface area (Å²) in [6.07, 6.45) is 1.01. The Morgan fingerprint density at radius 1 is 1.43 bits per heavy atom. The Morgan fingerprint density at radius 2 is 2.22 bits per heavy atom. The molecule has 0 radical (unpaired) electrons. The minimum Gasteiger partial charge on any atom is -0.495 e. The first-order valence-electron chi connectivity index (χ1n) is 7.46. The zero-order chi connectivity index (χ0) is 16.8. The van der Waals surface area contributed by atoms with Crippen LogP contribution in [-0.2, 0) is 14.3 Å². The predicted octanol–water partition coefficient (Wildman–Crippen LogP) is 2.17. The van der Waals surface area contributed by atoms with Crippen LogP contribution in [0.5, 0.6) is 5.75 Å². The second kappa shape index (κ2) is 8.17. The zero-order valence-corrected chi connectivity index (χ0v) is 14.1. The van der Waals surface area contributed by atoms with Crippen LogP contribution in [0.25, 0.3) is 0 Å². The van der Waals surface area contributed by atoms with E-state index in [0.717, 1.165) is 6.42 Å². The molecule has 1 aromatic carbocycles. The highest BCUT2D eigenvalue weighted by Crippen LogP contribution is 2.28. The molecule has 1 heterocycles. The number of ether oxygens (including phenoxy) is 2. The molecule has 2 rings (SSSR count). The average molecular weight is 341 g/mol. The molecule has 1 aliphatic heterocycles. The molecule has 0 saturated carbocycles. The van der Waals surface area contributed by atoms with Crippen LogP contribution >= 0.6 is 11.6 Å². The van der Waals surface area contributed by atoms with Crippen LogP contribution in [0.4, 0.5) is 5.69 Å². The van der Waals surface area contributed by atoms with Crippen molar-refractivity contribution in [2.75, 3.05) is 39.2 Å². The van der Waals surface area contributed by atoms with Crippen molar-refractivity contribution in [2.45, 2.75) is 12.8 Å². The lowest BCUT2D eigenvalue weighted by molar-refractivity contribution is -0.128. The van der Waals surface area contributed by atoms with Gasteiger partial charge in [-0.05, 0) is 24.6 Å². The topological polar surface area (TPSA) is 67.9 Å². The standard InChI is InChI=1S/C16H21ClN2O4/c1-22-7-3-6-19-10-11(8-15(19)20)16(21)18-12-4-5-14(23-2)13(17)9-12/h4-5,9,11H,3,6-8,10H2,1-2H3,(H,18,21). The quantitative estimate of drug-likeness (QED) is 0.772. The number of rotatable bonds is 7. The van der Waals surface area contributed by atoms with Gasteiger partial charge in [-0.25, -0.2) is 0 Å². The summed E-state index contributed by atoms with van der Waals surface area (Å²) >= 11 is 6.04. The second-order valence-electron chi connectivity index (χ2n) is 5.43. The first-order valence-corrected chi connectivity index (χ1v) is 7.84. The van der Waals surface area contributed by atoms with Crippen LogP contribution in [0.1, 0.15) is 12.8 Å². The Balaban J connectivity index is 1.91. The number of hydrogen-bond acceptors (Lipinski definition) is 4. The SMILES string of the molecule is COCCCN1CC(C(=O)Nc2ccc(OC)c(Cl)c2)CC1=O. The fourth-order valence-electron chi connectivity index (χ4n) is 2.55. The number of benzene rings is 1. The molecule has 1 atom stereocenters. The van der Waals surface area contributed by atoms with Gasteiger partial charge in [-0.2, -0.15) is 0 Å². The van der Waals surface area contributed by atoms with E-state index >= 15 is 0 Å². The lowest BCUT2D eigenvalue weighted by Crippen LogP contribution is -2.29. The van der Waals surface area contributed by atoms with Crippen LogP contribution in [0.15, 0.2) is 18.2 Å². The molecule has 7 heteroatoms. The maximum atomic E-state index is 12.3. The molecule has 0 aromatic heterocycles. The molecule has 1 N–H and O–H groups in total. The Labute approximate surface area is 140 Å². The molecule has 1 fully saturated rings. The number of halogens is 1. The van der Waals surface area contributed by atoms with E-state index in [9.17, 15) is 9.59 Å². The molecule has 1 unspecified atom stereocenters. The zero-order valence-electron chi connectivity index (χ0n) is 13.3. The number of likely N-dealkylation sites (tertiary alicyclic amines) is 1. The summed E-state index contributed by atoms with van der Waals surface area (Å²) in [5.41, 5.74) is 0.589. The largest absolute Gasteiger partial charge is 0.495 e. The molecule has 0 spiro atoms. The van der Waals surface area contributed by atoms with Crippen LogP contribution < -0.4 is 10.1 Å². The minimum absolute atomic E-state index is 0.00835. The lowest BCUT2D eigenvalue weighted by Gasteiger charge is -2.16. The molecule has 0 aliphatic carbocycles. The molecule has 126 valence electrons. The fraction of sp³-hybridized carbons (Fsp3) is 0.500. The maximum absolute atomic E-state index is 12.3. The first kappa shape index (κ1) is 17.6. The van der Waals surface area contributed by atoms with E-state index in [1.54, 1.807) is 30.2 Å². The summed E-state index contributed by atoms with van der Waals surface area (Å²) in [7, 11) is 3.16. The Kier molecular flexibility index (Phi) is 6.24. The van der Waals surface area contributed by atoms with Crippen LogP contribution in [0.3, 0.4) is 0 Å². The minimum atomic E-state index is -0.342. The van der Waals surface area contributed by atoms with Crippen molar-refractivity contribution in [3.05, 3.63) is 23.2 Å². The highest BCUT2D eigenvalue weighted by atomic mass is 35.5. The molecule has 1 aliphatic rings. The molecule has 6 nitrogen and oxygen atoms in total. The average Bonchev–Trinajstić information content (AvgIpc) is 2.89. The van der Waals surface area contributed by atoms with Crippen LogP contribution in [0, 0.1) is 5.92 Å². The number of hydrogen-bond donors (Lipinski definition) is 1. The van der Waals surface area contributed by atoms with Crippen molar-refractivity contribution in [3.8, 4) is 5.75 Å². The number of nitrogens with zero attached hydrogens (tertiary/aromatic N) is 1. The van der Waals surface area contributed by atoms with Gasteiger partial charge in [-0.3, -0.25) is 9.59 Å². The van der Waals surface area contributed by atoms with Gasteiger partial charge < -0.3 is 19.7 Å². The first-order chi connectivity index (χ1) is 11.0. The van der Waals surface area contributed by atoms with Gasteiger partial charge in [0.05, 0.1) is 18.1 Å². The van der Waals surface area contributed by atoms with Crippen molar-refractivity contribution < 1.29 is 19.1 Å². The summed E-state index contributed by atoms with van der Waals surface area (Å²) < 4.78 is 10.1. The molecule has 0 bridgehead atoms. The molecule has 23 heavy (non-hydrogen) atoms. The van der Waals surface area contributed by atoms with E-state index in [1.807, 2.05) is 0 Å². The molecular formula is C16H21ClN2O4. The number of anilines is 1. The second-order valence-corrected chi connectivity index (χ2v) is 5.83. The van der Waals surface area contributed by atoms with Gasteiger partial charge in [-0.1, -0.05) is 11.6 Å². The highest BCUT2D eigenvalue weighted by molar-refractivity contribution is 6.32. The predicted molar refractivity (Wildman–Crippen MR) is 87.8 cm³/mol. The van der Waals surface area contributed by atoms with Gasteiger partial charge in [0.25, 0.3) is 0 Å². The molecular weight excluding hydrogens is 320 g/mol. The van der Waals surface area contributed by atoms with Gasteiger partial charge in [0.1, 0.15) is 5.75 Å². The van der Waals surface area contributed by atoms with Crippen molar-refractivity contribution in [3.63, 3.8) is 0 Å². The number of carbonyl (C=O) groups is 2. The van der Waals surface area contributed by atoms with Gasteiger partial charge in [-0.15, -0.1) is 0 Å². The summed E-state index contributed by atoms with van der Waals surface area (Å²) in [6.45, 7) is 1.66.